The van der Waals surface area contributed by atoms with E-state index in [4.69, 9.17) is 11.5 Å². The highest BCUT2D eigenvalue weighted by atomic mass is 16.6. The number of likely N-dealkylation sites (tertiary alicyclic amines) is 1. The van der Waals surface area contributed by atoms with E-state index in [1.165, 1.54) is 0 Å². The minimum atomic E-state index is -0.708. The molecule has 182 valence electrons. The van der Waals surface area contributed by atoms with Gasteiger partial charge in [0.2, 0.25) is 17.7 Å². The number of rotatable bonds is 7. The van der Waals surface area contributed by atoms with Gasteiger partial charge in [-0.2, -0.15) is 4.98 Å². The van der Waals surface area contributed by atoms with Gasteiger partial charge in [-0.05, 0) is 62.8 Å². The molecule has 5 N–H and O–H groups in total. The van der Waals surface area contributed by atoms with Crippen molar-refractivity contribution in [1.29, 1.82) is 0 Å². The van der Waals surface area contributed by atoms with Crippen LogP contribution in [0.4, 0.5) is 17.5 Å². The van der Waals surface area contributed by atoms with Crippen LogP contribution < -0.4 is 16.8 Å². The summed E-state index contributed by atoms with van der Waals surface area (Å²) in [6.07, 6.45) is 7.07. The van der Waals surface area contributed by atoms with Crippen LogP contribution in [-0.2, 0) is 11.2 Å². The van der Waals surface area contributed by atoms with Crippen molar-refractivity contribution in [3.8, 4) is 0 Å². The van der Waals surface area contributed by atoms with Crippen molar-refractivity contribution < 1.29 is 9.72 Å². The van der Waals surface area contributed by atoms with Gasteiger partial charge in [0.05, 0.1) is 4.92 Å². The number of carbonyl (C=O) groups is 1. The fourth-order valence-electron chi connectivity index (χ4n) is 4.95. The van der Waals surface area contributed by atoms with Crippen molar-refractivity contribution in [2.24, 2.45) is 11.7 Å². The molecule has 2 aromatic rings. The summed E-state index contributed by atoms with van der Waals surface area (Å²) in [6, 6.07) is 8.86. The second kappa shape index (κ2) is 10.8. The molecular formula is C24H33N7O3. The zero-order valence-corrected chi connectivity index (χ0v) is 19.4. The molecule has 1 aromatic heterocycles. The Hall–Kier alpha value is -3.27. The quantitative estimate of drug-likeness (QED) is 0.414. The van der Waals surface area contributed by atoms with E-state index in [9.17, 15) is 14.9 Å². The highest BCUT2D eigenvalue weighted by Gasteiger charge is 2.31. The lowest BCUT2D eigenvalue weighted by Gasteiger charge is -2.31. The molecule has 1 aliphatic carbocycles. The Bertz CT molecular complexity index is 1000. The van der Waals surface area contributed by atoms with E-state index in [1.807, 2.05) is 35.2 Å². The Morgan fingerprint density at radius 3 is 2.44 bits per heavy atom. The first kappa shape index (κ1) is 23.9. The molecule has 4 rings (SSSR count). The van der Waals surface area contributed by atoms with Crippen LogP contribution in [0.2, 0.25) is 0 Å². The maximum Gasteiger partial charge on any atom is 0.332 e. The minimum absolute atomic E-state index is 0.0609. The molecule has 34 heavy (non-hydrogen) atoms. The van der Waals surface area contributed by atoms with E-state index in [1.54, 1.807) is 0 Å². The van der Waals surface area contributed by atoms with Crippen molar-refractivity contribution in [3.63, 3.8) is 0 Å². The summed E-state index contributed by atoms with van der Waals surface area (Å²) in [5, 5.41) is 14.9. The number of hydrogen-bond acceptors (Lipinski definition) is 8. The Balaban J connectivity index is 1.63. The summed E-state index contributed by atoms with van der Waals surface area (Å²) in [5.41, 5.74) is 12.9. The number of amides is 1. The molecule has 1 atom stereocenters. The molecule has 0 bridgehead atoms. The standard InChI is InChI=1S/C24H33N7O3/c25-18-11-9-16(10-12-18)15-19-21(31(33)34)22(26)29-24(27-19)28-20(17-7-3-1-4-8-17)23(32)30-13-5-2-6-14-30/h1,3-4,7-8,16,18,20H,2,5-6,9-15,25H2,(H3,26,27,28,29)/t16?,18?,20-/m0/s1. The molecule has 2 aliphatic rings. The van der Waals surface area contributed by atoms with Gasteiger partial charge >= 0.3 is 5.69 Å². The number of nitrogen functional groups attached to an aromatic ring is 1. The summed E-state index contributed by atoms with van der Waals surface area (Å²) in [5.74, 6) is 0.127. The average molecular weight is 468 g/mol. The summed E-state index contributed by atoms with van der Waals surface area (Å²) >= 11 is 0. The van der Waals surface area contributed by atoms with E-state index in [-0.39, 0.29) is 35.3 Å². The molecule has 10 nitrogen and oxygen atoms in total. The molecule has 10 heteroatoms. The molecule has 1 saturated carbocycles. The Morgan fingerprint density at radius 2 is 1.79 bits per heavy atom. The van der Waals surface area contributed by atoms with Crippen LogP contribution in [0.1, 0.15) is 62.2 Å². The van der Waals surface area contributed by atoms with E-state index >= 15 is 0 Å². The maximum absolute atomic E-state index is 13.5. The van der Waals surface area contributed by atoms with Crippen molar-refractivity contribution in [3.05, 3.63) is 51.7 Å². The average Bonchev–Trinajstić information content (AvgIpc) is 2.84. The van der Waals surface area contributed by atoms with Gasteiger partial charge in [0.15, 0.2) is 0 Å². The van der Waals surface area contributed by atoms with Gasteiger partial charge in [-0.3, -0.25) is 14.9 Å². The van der Waals surface area contributed by atoms with Gasteiger partial charge in [-0.15, -0.1) is 0 Å². The van der Waals surface area contributed by atoms with Crippen molar-refractivity contribution in [2.45, 2.75) is 63.5 Å². The van der Waals surface area contributed by atoms with Crippen LogP contribution in [-0.4, -0.2) is 44.8 Å². The summed E-state index contributed by atoms with van der Waals surface area (Å²) in [6.45, 7) is 1.42. The molecule has 1 amide bonds. The van der Waals surface area contributed by atoms with E-state index in [0.717, 1.165) is 50.5 Å². The summed E-state index contributed by atoms with van der Waals surface area (Å²) in [7, 11) is 0. The molecule has 2 fully saturated rings. The van der Waals surface area contributed by atoms with Crippen molar-refractivity contribution in [1.82, 2.24) is 14.9 Å². The molecule has 1 saturated heterocycles. The van der Waals surface area contributed by atoms with Crippen LogP contribution in [0.3, 0.4) is 0 Å². The molecule has 1 aromatic carbocycles. The number of nitrogens with zero attached hydrogens (tertiary/aromatic N) is 4. The lowest BCUT2D eigenvalue weighted by Crippen LogP contribution is -2.41. The molecule has 0 unspecified atom stereocenters. The van der Waals surface area contributed by atoms with E-state index in [2.05, 4.69) is 15.3 Å². The highest BCUT2D eigenvalue weighted by Crippen LogP contribution is 2.33. The van der Waals surface area contributed by atoms with E-state index in [0.29, 0.717) is 25.2 Å². The topological polar surface area (TPSA) is 153 Å². The lowest BCUT2D eigenvalue weighted by molar-refractivity contribution is -0.385. The van der Waals surface area contributed by atoms with Gasteiger partial charge in [-0.1, -0.05) is 30.3 Å². The number of anilines is 2. The van der Waals surface area contributed by atoms with Gasteiger partial charge in [-0.25, -0.2) is 4.98 Å². The first-order chi connectivity index (χ1) is 16.4. The number of nitrogens with one attached hydrogen (secondary N) is 1. The number of piperidine rings is 1. The van der Waals surface area contributed by atoms with Gasteiger partial charge in [0.1, 0.15) is 11.7 Å². The third-order valence-corrected chi connectivity index (χ3v) is 6.86. The van der Waals surface area contributed by atoms with Crippen LogP contribution in [0.15, 0.2) is 30.3 Å². The number of hydrogen-bond donors (Lipinski definition) is 3. The first-order valence-corrected chi connectivity index (χ1v) is 12.1. The number of aromatic nitrogens is 2. The largest absolute Gasteiger partial charge is 0.378 e. The predicted molar refractivity (Wildman–Crippen MR) is 130 cm³/mol. The SMILES string of the molecule is Nc1nc(N[C@H](C(=O)N2CCCCC2)c2ccccc2)nc(CC2CCC(N)CC2)c1[N+](=O)[O-]. The monoisotopic (exact) mass is 467 g/mol. The van der Waals surface area contributed by atoms with Crippen LogP contribution in [0.5, 0.6) is 0 Å². The molecule has 0 spiro atoms. The van der Waals surface area contributed by atoms with Crippen LogP contribution in [0.25, 0.3) is 0 Å². The van der Waals surface area contributed by atoms with Crippen molar-refractivity contribution >= 4 is 23.4 Å². The smallest absolute Gasteiger partial charge is 0.332 e. The molecular weight excluding hydrogens is 434 g/mol. The highest BCUT2D eigenvalue weighted by molar-refractivity contribution is 5.86. The number of carbonyl (C=O) groups excluding carboxylic acids is 1. The van der Waals surface area contributed by atoms with Gasteiger partial charge in [0, 0.05) is 19.1 Å². The predicted octanol–water partition coefficient (Wildman–Crippen LogP) is 3.19. The van der Waals surface area contributed by atoms with E-state index < -0.39 is 11.0 Å². The normalized spacial score (nSPS) is 21.6. The number of nitrogens with two attached hydrogens (primary N) is 2. The fraction of sp³-hybridized carbons (Fsp3) is 0.542. The molecule has 1 aliphatic heterocycles. The third-order valence-electron chi connectivity index (χ3n) is 6.86. The van der Waals surface area contributed by atoms with Crippen molar-refractivity contribution in [2.75, 3.05) is 24.1 Å². The zero-order valence-electron chi connectivity index (χ0n) is 19.4. The number of nitro groups is 1. The maximum atomic E-state index is 13.5. The second-order valence-corrected chi connectivity index (χ2v) is 9.34. The van der Waals surface area contributed by atoms with Gasteiger partial charge in [0.25, 0.3) is 0 Å². The first-order valence-electron chi connectivity index (χ1n) is 12.1. The minimum Gasteiger partial charge on any atom is -0.378 e. The van der Waals surface area contributed by atoms with Crippen LogP contribution in [0, 0.1) is 16.0 Å². The Labute approximate surface area is 199 Å². The second-order valence-electron chi connectivity index (χ2n) is 9.34. The third kappa shape index (κ3) is 5.61. The van der Waals surface area contributed by atoms with Gasteiger partial charge < -0.3 is 21.7 Å². The lowest BCUT2D eigenvalue weighted by atomic mass is 9.83. The Morgan fingerprint density at radius 1 is 1.12 bits per heavy atom. The summed E-state index contributed by atoms with van der Waals surface area (Å²) in [4.78, 5) is 35.2. The number of benzene rings is 1. The van der Waals surface area contributed by atoms with Crippen LogP contribution >= 0.6 is 0 Å². The summed E-state index contributed by atoms with van der Waals surface area (Å²) < 4.78 is 0. The molecule has 0 radical (unpaired) electrons. The zero-order chi connectivity index (χ0) is 24.1. The molecule has 2 heterocycles. The Kier molecular flexibility index (Phi) is 7.56. The fourth-order valence-corrected chi connectivity index (χ4v) is 4.95.